The molecule has 4 saturated heterocycles. The number of nitrogens with one attached hydrogen (secondary N) is 2. The Kier molecular flexibility index (Phi) is 17.4. The lowest BCUT2D eigenvalue weighted by molar-refractivity contribution is -0.299. The van der Waals surface area contributed by atoms with Gasteiger partial charge in [-0.25, -0.2) is 9.59 Å². The highest BCUT2D eigenvalue weighted by Crippen LogP contribution is 2.42. The van der Waals surface area contributed by atoms with Crippen molar-refractivity contribution in [2.24, 2.45) is 0 Å². The van der Waals surface area contributed by atoms with Crippen LogP contribution in [0.3, 0.4) is 0 Å². The largest absolute Gasteiger partial charge is 0.462 e. The zero-order valence-electron chi connectivity index (χ0n) is 46.3. The molecule has 0 aliphatic carbocycles. The molecule has 4 aliphatic rings. The molecule has 2 atom stereocenters. The maximum atomic E-state index is 14.6. The maximum Gasteiger partial charge on any atom is 0.329 e. The van der Waals surface area contributed by atoms with E-state index in [2.05, 4.69) is 16.6 Å². The Hall–Kier alpha value is -4.72. The van der Waals surface area contributed by atoms with Crippen molar-refractivity contribution in [1.82, 2.24) is 30.9 Å². The van der Waals surface area contributed by atoms with Crippen molar-refractivity contribution < 1.29 is 68.5 Å². The first-order valence-electron chi connectivity index (χ1n) is 25.6. The van der Waals surface area contributed by atoms with Crippen molar-refractivity contribution in [2.45, 2.75) is 256 Å². The summed E-state index contributed by atoms with van der Waals surface area (Å²) in [6.07, 6.45) is 2.49. The van der Waals surface area contributed by atoms with Gasteiger partial charge in [0.05, 0.1) is 24.0 Å². The van der Waals surface area contributed by atoms with Crippen LogP contribution in [0.15, 0.2) is 18.2 Å². The SMILES string of the molecule is C#Cc1ccc(C(=O)N[C@@H](CC(=O)OC2CC(C)(C)N([O])C(C)(C)C2)C(=O)OC2CC(C)(C)N([O])C(C)(C)C2)c(C(=O)N[C@@H](CC(=O)OC2CC(C)(C)N([O])C(C)(C)C2)C(=O)OC2CC(C)(C)N([O])C(C)(C)C2)c1. The number of carbonyl (C=O) groups excluding carboxylic acids is 6. The smallest absolute Gasteiger partial charge is 0.329 e. The second-order valence-electron chi connectivity index (χ2n) is 26.0. The zero-order valence-corrected chi connectivity index (χ0v) is 46.3. The van der Waals surface area contributed by atoms with Gasteiger partial charge in [0.15, 0.2) is 0 Å². The number of amides is 2. The molecule has 20 heteroatoms. The summed E-state index contributed by atoms with van der Waals surface area (Å²) in [4.78, 5) is 85.4. The first-order valence-corrected chi connectivity index (χ1v) is 25.6. The standard InChI is InChI=1S/C54H80N6O14/c1-18-32-19-20-37(43(63)55-39(45(65)73-35-28-51(10,11)59(69)52(12,13)29-35)22-41(61)71-33-24-47(2,3)57(67)48(4,5)25-33)38(21-32)44(64)56-40(46(66)74-36-30-53(14,15)60(70)54(16,17)31-36)23-42(62)72-34-26-49(6,7)58(68)50(8,9)27-34/h1,19-21,33-36,39-40H,22-31H2,2-17H3,(H,55,63)(H,56,64)/t39-,40-/m0/s1. The molecule has 410 valence electrons. The fourth-order valence-electron chi connectivity index (χ4n) is 12.2. The molecular weight excluding hydrogens is 957 g/mol. The first-order chi connectivity index (χ1) is 33.6. The Balaban J connectivity index is 1.45. The van der Waals surface area contributed by atoms with Gasteiger partial charge in [0, 0.05) is 101 Å². The highest BCUT2D eigenvalue weighted by Gasteiger charge is 2.52. The number of hydrogen-bond acceptors (Lipinski definition) is 14. The molecule has 5 rings (SSSR count). The number of esters is 4. The molecule has 0 aromatic heterocycles. The molecule has 0 unspecified atom stereocenters. The minimum atomic E-state index is -1.72. The van der Waals surface area contributed by atoms with Gasteiger partial charge >= 0.3 is 23.9 Å². The van der Waals surface area contributed by atoms with E-state index in [4.69, 9.17) is 25.4 Å². The van der Waals surface area contributed by atoms with Gasteiger partial charge in [-0.05, 0) is 129 Å². The summed E-state index contributed by atoms with van der Waals surface area (Å²) in [6.45, 7) is 27.6. The van der Waals surface area contributed by atoms with Crippen LogP contribution in [-0.4, -0.2) is 137 Å². The van der Waals surface area contributed by atoms with Gasteiger partial charge in [0.2, 0.25) is 0 Å². The predicted molar refractivity (Wildman–Crippen MR) is 265 cm³/mol. The van der Waals surface area contributed by atoms with Gasteiger partial charge in [0.1, 0.15) is 36.5 Å². The minimum Gasteiger partial charge on any atom is -0.462 e. The van der Waals surface area contributed by atoms with E-state index < -0.39 is 129 Å². The first kappa shape index (κ1) is 60.1. The van der Waals surface area contributed by atoms with E-state index in [1.54, 1.807) is 111 Å². The third-order valence-corrected chi connectivity index (χ3v) is 15.0. The summed E-state index contributed by atoms with van der Waals surface area (Å²) in [6, 6.07) is 0.378. The lowest BCUT2D eigenvalue weighted by atomic mass is 9.80. The number of ether oxygens (including phenoxy) is 4. The van der Waals surface area contributed by atoms with E-state index in [0.29, 0.717) is 0 Å². The van der Waals surface area contributed by atoms with Crippen molar-refractivity contribution in [3.05, 3.63) is 34.9 Å². The molecule has 4 heterocycles. The molecule has 2 amide bonds. The molecule has 4 aliphatic heterocycles. The van der Waals surface area contributed by atoms with Crippen LogP contribution in [0, 0.1) is 12.3 Å². The summed E-state index contributed by atoms with van der Waals surface area (Å²) in [5.41, 5.74) is -8.02. The van der Waals surface area contributed by atoms with Crippen molar-refractivity contribution in [1.29, 1.82) is 0 Å². The number of hydroxylamine groups is 8. The maximum absolute atomic E-state index is 14.6. The van der Waals surface area contributed by atoms with E-state index in [1.165, 1.54) is 18.2 Å². The molecule has 1 aromatic carbocycles. The fraction of sp³-hybridized carbons (Fsp3) is 0.741. The minimum absolute atomic E-state index is 0.128. The average Bonchev–Trinajstić information content (AvgIpc) is 3.24. The van der Waals surface area contributed by atoms with E-state index in [0.717, 1.165) is 20.3 Å². The second-order valence-corrected chi connectivity index (χ2v) is 26.0. The molecule has 0 saturated carbocycles. The number of nitrogens with zero attached hydrogens (tertiary/aromatic N) is 4. The van der Waals surface area contributed by atoms with Crippen molar-refractivity contribution >= 4 is 35.7 Å². The highest BCUT2D eigenvalue weighted by atomic mass is 16.6. The summed E-state index contributed by atoms with van der Waals surface area (Å²) in [5, 5.41) is 61.5. The quantitative estimate of drug-likeness (QED) is 0.118. The summed E-state index contributed by atoms with van der Waals surface area (Å²) in [7, 11) is 0. The van der Waals surface area contributed by atoms with Gasteiger partial charge in [-0.1, -0.05) is 5.92 Å². The predicted octanol–water partition coefficient (Wildman–Crippen LogP) is 6.29. The topological polar surface area (TPSA) is 256 Å². The number of piperidine rings is 4. The highest BCUT2D eigenvalue weighted by molar-refractivity contribution is 6.09. The van der Waals surface area contributed by atoms with Crippen LogP contribution in [0.25, 0.3) is 0 Å². The van der Waals surface area contributed by atoms with Gasteiger partial charge in [-0.2, -0.15) is 0 Å². The average molecular weight is 1040 g/mol. The van der Waals surface area contributed by atoms with Gasteiger partial charge in [-0.15, -0.1) is 47.5 Å². The number of hydrogen-bond donors (Lipinski definition) is 2. The lowest BCUT2D eigenvalue weighted by Crippen LogP contribution is -2.60. The monoisotopic (exact) mass is 1040 g/mol. The van der Waals surface area contributed by atoms with E-state index in [1.807, 2.05) is 0 Å². The molecule has 74 heavy (non-hydrogen) atoms. The second kappa shape index (κ2) is 21.4. The van der Waals surface area contributed by atoms with E-state index >= 15 is 0 Å². The zero-order chi connectivity index (χ0) is 56.1. The molecule has 1 aromatic rings. The van der Waals surface area contributed by atoms with E-state index in [-0.39, 0.29) is 68.1 Å². The number of terminal acetylenes is 1. The van der Waals surface area contributed by atoms with Gasteiger partial charge < -0.3 is 29.6 Å². The van der Waals surface area contributed by atoms with Crippen LogP contribution in [-0.2, 0) is 59.0 Å². The normalized spacial score (nSPS) is 24.8. The fourth-order valence-corrected chi connectivity index (χ4v) is 12.2. The van der Waals surface area contributed by atoms with Crippen LogP contribution in [0.4, 0.5) is 0 Å². The van der Waals surface area contributed by atoms with Crippen molar-refractivity contribution in [3.63, 3.8) is 0 Å². The molecule has 20 nitrogen and oxygen atoms in total. The molecular formula is C54H80N6O14. The van der Waals surface area contributed by atoms with Crippen LogP contribution >= 0.6 is 0 Å². The number of rotatable bonds is 14. The Bertz CT molecular complexity index is 2280. The van der Waals surface area contributed by atoms with Gasteiger partial charge in [0.25, 0.3) is 11.8 Å². The third kappa shape index (κ3) is 13.8. The van der Waals surface area contributed by atoms with Crippen molar-refractivity contribution in [2.75, 3.05) is 0 Å². The van der Waals surface area contributed by atoms with Crippen LogP contribution in [0.1, 0.15) is 201 Å². The van der Waals surface area contributed by atoms with E-state index in [9.17, 15) is 49.6 Å². The molecule has 0 spiro atoms. The summed E-state index contributed by atoms with van der Waals surface area (Å²) >= 11 is 0. The Morgan fingerprint density at radius 3 is 1.00 bits per heavy atom. The Morgan fingerprint density at radius 1 is 0.473 bits per heavy atom. The third-order valence-electron chi connectivity index (χ3n) is 15.0. The number of benzene rings is 1. The molecule has 0 bridgehead atoms. The van der Waals surface area contributed by atoms with Gasteiger partial charge in [-0.3, -0.25) is 19.2 Å². The molecule has 2 N–H and O–H groups in total. The number of carbonyl (C=O) groups is 6. The Labute approximate surface area is 436 Å². The van der Waals surface area contributed by atoms with Crippen LogP contribution in [0.2, 0.25) is 0 Å². The summed E-state index contributed by atoms with van der Waals surface area (Å²) < 4.78 is 23.7. The molecule has 4 fully saturated rings. The van der Waals surface area contributed by atoms with Crippen LogP contribution in [0.5, 0.6) is 0 Å². The van der Waals surface area contributed by atoms with Crippen LogP contribution < -0.4 is 10.6 Å². The summed E-state index contributed by atoms with van der Waals surface area (Å²) in [5.74, 6) is -3.49. The molecule has 4 radical (unpaired) electrons. The van der Waals surface area contributed by atoms with Crippen molar-refractivity contribution in [3.8, 4) is 12.3 Å². The lowest BCUT2D eigenvalue weighted by Gasteiger charge is -2.49. The Morgan fingerprint density at radius 2 is 0.730 bits per heavy atom.